The molecular formula is C32H27N3O3. The van der Waals surface area contributed by atoms with E-state index in [9.17, 15) is 9.90 Å². The zero-order valence-corrected chi connectivity index (χ0v) is 21.2. The minimum Gasteiger partial charge on any atom is -0.481 e. The topological polar surface area (TPSA) is 88.2 Å². The Hall–Kier alpha value is -4.71. The van der Waals surface area contributed by atoms with Crippen LogP contribution in [-0.2, 0) is 10.2 Å². The van der Waals surface area contributed by atoms with E-state index in [4.69, 9.17) is 9.51 Å². The molecule has 3 aromatic carbocycles. The van der Waals surface area contributed by atoms with Crippen LogP contribution in [0.4, 0.5) is 11.5 Å². The predicted octanol–water partition coefficient (Wildman–Crippen LogP) is 7.55. The van der Waals surface area contributed by atoms with Gasteiger partial charge in [-0.05, 0) is 55.5 Å². The average molecular weight is 502 g/mol. The summed E-state index contributed by atoms with van der Waals surface area (Å²) in [5, 5.41) is 17.2. The van der Waals surface area contributed by atoms with E-state index < -0.39 is 11.4 Å². The lowest BCUT2D eigenvalue weighted by Gasteiger charge is -2.11. The van der Waals surface area contributed by atoms with Gasteiger partial charge in [-0.3, -0.25) is 4.79 Å². The molecule has 0 radical (unpaired) electrons. The van der Waals surface area contributed by atoms with Gasteiger partial charge in [-0.15, -0.1) is 0 Å². The zero-order chi connectivity index (χ0) is 26.3. The highest BCUT2D eigenvalue weighted by molar-refractivity contribution is 5.85. The highest BCUT2D eigenvalue weighted by Crippen LogP contribution is 2.48. The molecule has 6 heteroatoms. The normalized spacial score (nSPS) is 13.7. The molecule has 38 heavy (non-hydrogen) atoms. The maximum absolute atomic E-state index is 11.6. The zero-order valence-electron chi connectivity index (χ0n) is 21.2. The summed E-state index contributed by atoms with van der Waals surface area (Å²) in [5.74, 6) is 0.615. The number of nitrogens with zero attached hydrogens (tertiary/aromatic N) is 2. The van der Waals surface area contributed by atoms with E-state index in [0.29, 0.717) is 24.4 Å². The van der Waals surface area contributed by atoms with Crippen LogP contribution in [0.3, 0.4) is 0 Å². The SMILES string of the molecule is Cc1ccc(-c2cccc(Nc3c(C)noc3-c3ccc(-c4ccc(C5(C(=O)O)CC5)cc4)cc3)n2)cc1. The second-order valence-electron chi connectivity index (χ2n) is 9.91. The molecule has 0 aliphatic heterocycles. The fourth-order valence-electron chi connectivity index (χ4n) is 4.78. The van der Waals surface area contributed by atoms with Gasteiger partial charge in [0.2, 0.25) is 0 Å². The molecule has 0 amide bonds. The van der Waals surface area contributed by atoms with Gasteiger partial charge in [0.15, 0.2) is 5.76 Å². The van der Waals surface area contributed by atoms with Crippen molar-refractivity contribution in [1.82, 2.24) is 10.1 Å². The van der Waals surface area contributed by atoms with Crippen LogP contribution in [0.25, 0.3) is 33.7 Å². The fraction of sp³-hybridized carbons (Fsp3) is 0.156. The Labute approximate surface area is 221 Å². The van der Waals surface area contributed by atoms with E-state index >= 15 is 0 Å². The Morgan fingerprint density at radius 1 is 0.816 bits per heavy atom. The largest absolute Gasteiger partial charge is 0.481 e. The standard InChI is InChI=1S/C32H27N3O3/c1-20-6-8-24(9-7-20)27-4-3-5-28(33-27)34-29-21(2)35-38-30(29)25-12-10-22(11-13-25)23-14-16-26(17-15-23)32(18-19-32)31(36)37/h3-17H,18-19H2,1-2H3,(H,33,34)(H,36,37). The quantitative estimate of drug-likeness (QED) is 0.239. The number of carbonyl (C=O) groups is 1. The summed E-state index contributed by atoms with van der Waals surface area (Å²) >= 11 is 0. The number of nitrogens with one attached hydrogen (secondary N) is 1. The predicted molar refractivity (Wildman–Crippen MR) is 148 cm³/mol. The molecule has 1 aliphatic rings. The van der Waals surface area contributed by atoms with Gasteiger partial charge in [-0.25, -0.2) is 4.98 Å². The number of aryl methyl sites for hydroxylation is 2. The number of rotatable bonds is 7. The van der Waals surface area contributed by atoms with E-state index in [1.54, 1.807) is 0 Å². The summed E-state index contributed by atoms with van der Waals surface area (Å²) in [6.07, 6.45) is 1.41. The Bertz CT molecular complexity index is 1610. The van der Waals surface area contributed by atoms with Gasteiger partial charge in [-0.2, -0.15) is 0 Å². The van der Waals surface area contributed by atoms with Crippen molar-refractivity contribution in [1.29, 1.82) is 0 Å². The number of benzene rings is 3. The number of hydrogen-bond acceptors (Lipinski definition) is 5. The third-order valence-corrected chi connectivity index (χ3v) is 7.29. The lowest BCUT2D eigenvalue weighted by Crippen LogP contribution is -2.19. The number of hydrogen-bond donors (Lipinski definition) is 2. The Kier molecular flexibility index (Phi) is 5.80. The maximum Gasteiger partial charge on any atom is 0.314 e. The first-order valence-corrected chi connectivity index (χ1v) is 12.7. The summed E-state index contributed by atoms with van der Waals surface area (Å²) in [5.41, 5.74) is 7.82. The van der Waals surface area contributed by atoms with Crippen LogP contribution < -0.4 is 5.32 Å². The molecule has 1 fully saturated rings. The van der Waals surface area contributed by atoms with Gasteiger partial charge >= 0.3 is 5.97 Å². The van der Waals surface area contributed by atoms with Crippen molar-refractivity contribution in [3.8, 4) is 33.7 Å². The first kappa shape index (κ1) is 23.7. The maximum atomic E-state index is 11.6. The van der Waals surface area contributed by atoms with E-state index in [1.165, 1.54) is 5.56 Å². The molecule has 1 aliphatic carbocycles. The van der Waals surface area contributed by atoms with Crippen LogP contribution in [0.5, 0.6) is 0 Å². The summed E-state index contributed by atoms with van der Waals surface area (Å²) in [4.78, 5) is 16.4. The van der Waals surface area contributed by atoms with Crippen LogP contribution in [0.1, 0.15) is 29.7 Å². The van der Waals surface area contributed by atoms with Crippen molar-refractivity contribution in [3.63, 3.8) is 0 Å². The monoisotopic (exact) mass is 501 g/mol. The van der Waals surface area contributed by atoms with Crippen LogP contribution in [-0.4, -0.2) is 21.2 Å². The second kappa shape index (κ2) is 9.30. The van der Waals surface area contributed by atoms with E-state index in [0.717, 1.165) is 44.9 Å². The summed E-state index contributed by atoms with van der Waals surface area (Å²) in [6, 6.07) is 30.1. The van der Waals surface area contributed by atoms with Gasteiger partial charge in [-0.1, -0.05) is 89.6 Å². The fourth-order valence-corrected chi connectivity index (χ4v) is 4.78. The highest BCUT2D eigenvalue weighted by Gasteiger charge is 2.51. The van der Waals surface area contributed by atoms with Crippen molar-refractivity contribution in [2.75, 3.05) is 5.32 Å². The Morgan fingerprint density at radius 3 is 2.05 bits per heavy atom. The van der Waals surface area contributed by atoms with E-state index in [1.807, 2.05) is 73.7 Å². The minimum atomic E-state index is -0.738. The lowest BCUT2D eigenvalue weighted by molar-refractivity contribution is -0.140. The molecule has 5 aromatic rings. The number of pyridine rings is 1. The molecule has 6 nitrogen and oxygen atoms in total. The third kappa shape index (κ3) is 4.34. The summed E-state index contributed by atoms with van der Waals surface area (Å²) in [7, 11) is 0. The molecule has 6 rings (SSSR count). The van der Waals surface area contributed by atoms with Crippen molar-refractivity contribution in [3.05, 3.63) is 108 Å². The highest BCUT2D eigenvalue weighted by atomic mass is 16.5. The van der Waals surface area contributed by atoms with Crippen LogP contribution in [0.2, 0.25) is 0 Å². The lowest BCUT2D eigenvalue weighted by atomic mass is 9.93. The van der Waals surface area contributed by atoms with Gasteiger partial charge in [0, 0.05) is 11.1 Å². The van der Waals surface area contributed by atoms with Crippen LogP contribution >= 0.6 is 0 Å². The van der Waals surface area contributed by atoms with Crippen LogP contribution in [0, 0.1) is 13.8 Å². The number of aliphatic carboxylic acids is 1. The third-order valence-electron chi connectivity index (χ3n) is 7.29. The molecule has 0 spiro atoms. The summed E-state index contributed by atoms with van der Waals surface area (Å²) in [6.45, 7) is 3.97. The molecule has 0 unspecified atom stereocenters. The van der Waals surface area contributed by atoms with Crippen molar-refractivity contribution in [2.45, 2.75) is 32.1 Å². The molecule has 2 N–H and O–H groups in total. The molecule has 2 heterocycles. The number of aromatic nitrogens is 2. The molecule has 0 bridgehead atoms. The van der Waals surface area contributed by atoms with Gasteiger partial charge in [0.25, 0.3) is 0 Å². The minimum absolute atomic E-state index is 0.643. The average Bonchev–Trinajstić information content (AvgIpc) is 3.69. The number of carboxylic acids is 1. The Balaban J connectivity index is 1.23. The molecule has 0 saturated heterocycles. The molecule has 2 aromatic heterocycles. The molecule has 188 valence electrons. The number of anilines is 2. The summed E-state index contributed by atoms with van der Waals surface area (Å²) < 4.78 is 5.71. The van der Waals surface area contributed by atoms with Gasteiger partial charge in [0.05, 0.1) is 11.1 Å². The number of carboxylic acid groups (broad SMARTS) is 1. The van der Waals surface area contributed by atoms with Crippen LogP contribution in [0.15, 0.2) is 95.5 Å². The second-order valence-corrected chi connectivity index (χ2v) is 9.91. The van der Waals surface area contributed by atoms with E-state index in [2.05, 4.69) is 41.7 Å². The Morgan fingerprint density at radius 2 is 1.42 bits per heavy atom. The van der Waals surface area contributed by atoms with Gasteiger partial charge in [0.1, 0.15) is 17.2 Å². The van der Waals surface area contributed by atoms with Crippen molar-refractivity contribution in [2.24, 2.45) is 0 Å². The van der Waals surface area contributed by atoms with Crippen molar-refractivity contribution < 1.29 is 14.4 Å². The van der Waals surface area contributed by atoms with E-state index in [-0.39, 0.29) is 0 Å². The molecular weight excluding hydrogens is 474 g/mol. The van der Waals surface area contributed by atoms with Crippen molar-refractivity contribution >= 4 is 17.5 Å². The smallest absolute Gasteiger partial charge is 0.314 e. The first-order chi connectivity index (χ1) is 18.4. The molecule has 1 saturated carbocycles. The van der Waals surface area contributed by atoms with Gasteiger partial charge < -0.3 is 14.9 Å². The molecule has 0 atom stereocenters. The first-order valence-electron chi connectivity index (χ1n) is 12.7.